The number of para-hydroxylation sites is 1. The first-order chi connectivity index (χ1) is 8.22. The van der Waals surface area contributed by atoms with Gasteiger partial charge in [-0.25, -0.2) is 0 Å². The summed E-state index contributed by atoms with van der Waals surface area (Å²) in [6.45, 7) is 0.552. The molecule has 2 aromatic carbocycles. The fraction of sp³-hybridized carbons (Fsp3) is 0.143. The van der Waals surface area contributed by atoms with Gasteiger partial charge < -0.3 is 10.6 Å². The zero-order valence-corrected chi connectivity index (χ0v) is 11.3. The van der Waals surface area contributed by atoms with Gasteiger partial charge in [0.05, 0.1) is 0 Å². The molecule has 2 nitrogen and oxygen atoms in total. The Kier molecular flexibility index (Phi) is 3.82. The number of rotatable bonds is 3. The summed E-state index contributed by atoms with van der Waals surface area (Å²) >= 11 is 3.54. The summed E-state index contributed by atoms with van der Waals surface area (Å²) in [6.07, 6.45) is 0. The highest BCUT2D eigenvalue weighted by molar-refractivity contribution is 9.10. The Morgan fingerprint density at radius 1 is 1.06 bits per heavy atom. The predicted molar refractivity (Wildman–Crippen MR) is 76.5 cm³/mol. The molecule has 0 aromatic heterocycles. The summed E-state index contributed by atoms with van der Waals surface area (Å²) in [7, 11) is 2.05. The van der Waals surface area contributed by atoms with Gasteiger partial charge in [-0.1, -0.05) is 40.2 Å². The maximum atomic E-state index is 5.64. The Bertz CT molecular complexity index is 497. The SMILES string of the molecule is CN(c1ccccc1)c1ccc(CN)c(Br)c1. The second-order valence-electron chi connectivity index (χ2n) is 3.87. The van der Waals surface area contributed by atoms with Crippen molar-refractivity contribution in [2.45, 2.75) is 6.54 Å². The van der Waals surface area contributed by atoms with E-state index in [1.54, 1.807) is 0 Å². The van der Waals surface area contributed by atoms with Crippen molar-refractivity contribution in [3.63, 3.8) is 0 Å². The average molecular weight is 291 g/mol. The molecule has 0 atom stereocenters. The van der Waals surface area contributed by atoms with E-state index in [1.807, 2.05) is 18.2 Å². The van der Waals surface area contributed by atoms with Gasteiger partial charge in [0.15, 0.2) is 0 Å². The predicted octanol–water partition coefficient (Wildman–Crippen LogP) is 3.68. The van der Waals surface area contributed by atoms with Crippen LogP contribution in [-0.2, 0) is 6.54 Å². The van der Waals surface area contributed by atoms with Gasteiger partial charge in [-0.3, -0.25) is 0 Å². The van der Waals surface area contributed by atoms with Gasteiger partial charge in [-0.15, -0.1) is 0 Å². The molecule has 2 aromatic rings. The lowest BCUT2D eigenvalue weighted by Gasteiger charge is -2.20. The zero-order valence-electron chi connectivity index (χ0n) is 9.73. The highest BCUT2D eigenvalue weighted by Crippen LogP contribution is 2.27. The fourth-order valence-electron chi connectivity index (χ4n) is 1.71. The van der Waals surface area contributed by atoms with Crippen molar-refractivity contribution in [1.82, 2.24) is 0 Å². The number of anilines is 2. The van der Waals surface area contributed by atoms with Crippen LogP contribution in [0.25, 0.3) is 0 Å². The van der Waals surface area contributed by atoms with Crippen molar-refractivity contribution < 1.29 is 0 Å². The summed E-state index contributed by atoms with van der Waals surface area (Å²) in [5.74, 6) is 0. The Balaban J connectivity index is 2.32. The molecule has 0 unspecified atom stereocenters. The van der Waals surface area contributed by atoms with Crippen LogP contribution in [0.4, 0.5) is 11.4 Å². The van der Waals surface area contributed by atoms with Crippen molar-refractivity contribution in [1.29, 1.82) is 0 Å². The van der Waals surface area contributed by atoms with E-state index in [2.05, 4.69) is 58.2 Å². The van der Waals surface area contributed by atoms with Gasteiger partial charge >= 0.3 is 0 Å². The third-order valence-electron chi connectivity index (χ3n) is 2.79. The van der Waals surface area contributed by atoms with Crippen LogP contribution >= 0.6 is 15.9 Å². The van der Waals surface area contributed by atoms with E-state index in [1.165, 1.54) is 5.69 Å². The Labute approximate surface area is 110 Å². The first-order valence-corrected chi connectivity index (χ1v) is 6.29. The second-order valence-corrected chi connectivity index (χ2v) is 4.73. The summed E-state index contributed by atoms with van der Waals surface area (Å²) in [6, 6.07) is 16.5. The maximum absolute atomic E-state index is 5.64. The molecule has 0 saturated carbocycles. The van der Waals surface area contributed by atoms with E-state index in [0.29, 0.717) is 6.54 Å². The number of halogens is 1. The summed E-state index contributed by atoms with van der Waals surface area (Å²) in [5.41, 5.74) is 9.07. The highest BCUT2D eigenvalue weighted by Gasteiger charge is 2.05. The van der Waals surface area contributed by atoms with Crippen molar-refractivity contribution in [2.75, 3.05) is 11.9 Å². The summed E-state index contributed by atoms with van der Waals surface area (Å²) in [4.78, 5) is 2.14. The number of benzene rings is 2. The number of nitrogens with two attached hydrogens (primary N) is 1. The van der Waals surface area contributed by atoms with Crippen molar-refractivity contribution in [3.05, 3.63) is 58.6 Å². The standard InChI is InChI=1S/C14H15BrN2/c1-17(12-5-3-2-4-6-12)13-8-7-11(10-16)14(15)9-13/h2-9H,10,16H2,1H3. The van der Waals surface area contributed by atoms with Crippen LogP contribution in [0, 0.1) is 0 Å². The van der Waals surface area contributed by atoms with Crippen molar-refractivity contribution in [3.8, 4) is 0 Å². The minimum Gasteiger partial charge on any atom is -0.345 e. The topological polar surface area (TPSA) is 29.3 Å². The van der Waals surface area contributed by atoms with Crippen LogP contribution < -0.4 is 10.6 Å². The summed E-state index contributed by atoms with van der Waals surface area (Å²) < 4.78 is 1.06. The Hall–Kier alpha value is -1.32. The quantitative estimate of drug-likeness (QED) is 0.934. The Morgan fingerprint density at radius 3 is 2.35 bits per heavy atom. The minimum absolute atomic E-state index is 0.552. The minimum atomic E-state index is 0.552. The molecule has 0 aliphatic heterocycles. The molecule has 0 spiro atoms. The van der Waals surface area contributed by atoms with Crippen LogP contribution in [0.1, 0.15) is 5.56 Å². The fourth-order valence-corrected chi connectivity index (χ4v) is 2.24. The van der Waals surface area contributed by atoms with E-state index in [4.69, 9.17) is 5.73 Å². The van der Waals surface area contributed by atoms with Crippen LogP contribution in [0.5, 0.6) is 0 Å². The number of hydrogen-bond donors (Lipinski definition) is 1. The Morgan fingerprint density at radius 2 is 1.76 bits per heavy atom. The van der Waals surface area contributed by atoms with Crippen LogP contribution in [0.3, 0.4) is 0 Å². The van der Waals surface area contributed by atoms with E-state index < -0.39 is 0 Å². The van der Waals surface area contributed by atoms with Crippen LogP contribution in [0.2, 0.25) is 0 Å². The molecule has 2 rings (SSSR count). The molecular weight excluding hydrogens is 276 g/mol. The molecule has 0 heterocycles. The van der Waals surface area contributed by atoms with Gasteiger partial charge in [0.1, 0.15) is 0 Å². The average Bonchev–Trinajstić information content (AvgIpc) is 2.39. The van der Waals surface area contributed by atoms with Crippen molar-refractivity contribution in [2.24, 2.45) is 5.73 Å². The molecule has 88 valence electrons. The lowest BCUT2D eigenvalue weighted by atomic mass is 10.2. The first kappa shape index (κ1) is 12.1. The third-order valence-corrected chi connectivity index (χ3v) is 3.53. The highest BCUT2D eigenvalue weighted by atomic mass is 79.9. The van der Waals surface area contributed by atoms with Crippen LogP contribution in [-0.4, -0.2) is 7.05 Å². The lowest BCUT2D eigenvalue weighted by molar-refractivity contribution is 1.06. The maximum Gasteiger partial charge on any atom is 0.0419 e. The number of nitrogens with zero attached hydrogens (tertiary/aromatic N) is 1. The molecule has 0 fully saturated rings. The summed E-state index contributed by atoms with van der Waals surface area (Å²) in [5, 5.41) is 0. The van der Waals surface area contributed by atoms with Crippen molar-refractivity contribution >= 4 is 27.3 Å². The molecule has 2 N–H and O–H groups in total. The van der Waals surface area contributed by atoms with Gasteiger partial charge in [0, 0.05) is 29.4 Å². The molecular formula is C14H15BrN2. The van der Waals surface area contributed by atoms with Gasteiger partial charge in [-0.2, -0.15) is 0 Å². The number of hydrogen-bond acceptors (Lipinski definition) is 2. The molecule has 0 amide bonds. The molecule has 0 aliphatic rings. The van der Waals surface area contributed by atoms with Gasteiger partial charge in [0.2, 0.25) is 0 Å². The second kappa shape index (κ2) is 5.34. The largest absolute Gasteiger partial charge is 0.345 e. The lowest BCUT2D eigenvalue weighted by Crippen LogP contribution is -2.09. The molecule has 17 heavy (non-hydrogen) atoms. The molecule has 3 heteroatoms. The van der Waals surface area contributed by atoms with Crippen LogP contribution in [0.15, 0.2) is 53.0 Å². The zero-order chi connectivity index (χ0) is 12.3. The monoisotopic (exact) mass is 290 g/mol. The first-order valence-electron chi connectivity index (χ1n) is 5.49. The molecule has 0 aliphatic carbocycles. The molecule has 0 bridgehead atoms. The van der Waals surface area contributed by atoms with E-state index in [9.17, 15) is 0 Å². The van der Waals surface area contributed by atoms with E-state index in [-0.39, 0.29) is 0 Å². The normalized spacial score (nSPS) is 10.3. The third kappa shape index (κ3) is 2.68. The molecule has 0 radical (unpaired) electrons. The smallest absolute Gasteiger partial charge is 0.0419 e. The van der Waals surface area contributed by atoms with E-state index >= 15 is 0 Å². The van der Waals surface area contributed by atoms with Gasteiger partial charge in [-0.05, 0) is 29.8 Å². The van der Waals surface area contributed by atoms with Gasteiger partial charge in [0.25, 0.3) is 0 Å². The van der Waals surface area contributed by atoms with E-state index in [0.717, 1.165) is 15.7 Å². The molecule has 0 saturated heterocycles.